The lowest BCUT2D eigenvalue weighted by Crippen LogP contribution is -2.29. The molecule has 2 aliphatic rings. The topological polar surface area (TPSA) is 41.5 Å². The van der Waals surface area contributed by atoms with Crippen molar-refractivity contribution in [2.75, 3.05) is 20.2 Å². The van der Waals surface area contributed by atoms with Crippen molar-refractivity contribution in [1.29, 1.82) is 0 Å². The van der Waals surface area contributed by atoms with Crippen molar-refractivity contribution >= 4 is 0 Å². The lowest BCUT2D eigenvalue weighted by atomic mass is 9.93. The third kappa shape index (κ3) is 2.89. The van der Waals surface area contributed by atoms with Gasteiger partial charge in [0.05, 0.1) is 13.2 Å². The van der Waals surface area contributed by atoms with Crippen LogP contribution in [0.15, 0.2) is 36.4 Å². The Bertz CT molecular complexity index is 486. The summed E-state index contributed by atoms with van der Waals surface area (Å²) in [7, 11) is 1.65. The maximum Gasteiger partial charge on any atom is 0.119 e. The van der Waals surface area contributed by atoms with E-state index in [0.717, 1.165) is 35.6 Å². The van der Waals surface area contributed by atoms with Gasteiger partial charge in [0.15, 0.2) is 0 Å². The van der Waals surface area contributed by atoms with Gasteiger partial charge < -0.3 is 15.2 Å². The maximum absolute atomic E-state index is 10.2. The van der Waals surface area contributed by atoms with Crippen LogP contribution in [-0.2, 0) is 0 Å². The van der Waals surface area contributed by atoms with Crippen molar-refractivity contribution < 1.29 is 9.84 Å². The van der Waals surface area contributed by atoms with Crippen LogP contribution in [0.5, 0.6) is 5.75 Å². The number of ether oxygens (including phenoxy) is 1. The number of benzene rings is 1. The first kappa shape index (κ1) is 13.7. The fourth-order valence-corrected chi connectivity index (χ4v) is 3.50. The molecule has 0 radical (unpaired) electrons. The summed E-state index contributed by atoms with van der Waals surface area (Å²) in [4.78, 5) is 0. The summed E-state index contributed by atoms with van der Waals surface area (Å²) in [6.07, 6.45) is 6.92. The molecule has 3 rings (SSSR count). The number of aliphatic hydroxyl groups is 1. The van der Waals surface area contributed by atoms with Crippen LogP contribution < -0.4 is 10.1 Å². The SMILES string of the molecule is COc1cccc(C(O)CNCC2CC3C=CC2C3)c1. The second-order valence-corrected chi connectivity index (χ2v) is 5.99. The highest BCUT2D eigenvalue weighted by atomic mass is 16.5. The summed E-state index contributed by atoms with van der Waals surface area (Å²) in [6.45, 7) is 1.61. The standard InChI is InChI=1S/C17H23NO2/c1-20-16-4-2-3-14(9-16)17(19)11-18-10-15-8-12-5-6-13(15)7-12/h2-6,9,12-13,15,17-19H,7-8,10-11H2,1H3. The smallest absolute Gasteiger partial charge is 0.119 e. The summed E-state index contributed by atoms with van der Waals surface area (Å²) in [5.74, 6) is 3.12. The zero-order chi connectivity index (χ0) is 13.9. The lowest BCUT2D eigenvalue weighted by molar-refractivity contribution is 0.171. The number of hydrogen-bond donors (Lipinski definition) is 2. The van der Waals surface area contributed by atoms with Crippen molar-refractivity contribution in [3.63, 3.8) is 0 Å². The van der Waals surface area contributed by atoms with E-state index in [1.54, 1.807) is 7.11 Å². The zero-order valence-corrected chi connectivity index (χ0v) is 12.0. The molecule has 0 heterocycles. The van der Waals surface area contributed by atoms with Gasteiger partial charge in [-0.05, 0) is 54.8 Å². The van der Waals surface area contributed by atoms with Crippen LogP contribution in [0.2, 0.25) is 0 Å². The first-order valence-electron chi connectivity index (χ1n) is 7.47. The van der Waals surface area contributed by atoms with Crippen molar-refractivity contribution in [3.05, 3.63) is 42.0 Å². The van der Waals surface area contributed by atoms with E-state index in [9.17, 15) is 5.11 Å². The van der Waals surface area contributed by atoms with Gasteiger partial charge >= 0.3 is 0 Å². The molecule has 0 saturated heterocycles. The minimum Gasteiger partial charge on any atom is -0.497 e. The third-order valence-electron chi connectivity index (χ3n) is 4.64. The van der Waals surface area contributed by atoms with E-state index >= 15 is 0 Å². The maximum atomic E-state index is 10.2. The molecular weight excluding hydrogens is 250 g/mol. The second kappa shape index (κ2) is 5.98. The number of methoxy groups -OCH3 is 1. The minimum atomic E-state index is -0.473. The molecule has 1 aromatic carbocycles. The highest BCUT2D eigenvalue weighted by molar-refractivity contribution is 5.29. The number of nitrogens with one attached hydrogen (secondary N) is 1. The monoisotopic (exact) mass is 273 g/mol. The Morgan fingerprint density at radius 2 is 2.25 bits per heavy atom. The first-order chi connectivity index (χ1) is 9.76. The molecule has 4 atom stereocenters. The molecule has 0 amide bonds. The minimum absolute atomic E-state index is 0.473. The highest BCUT2D eigenvalue weighted by Crippen LogP contribution is 2.42. The summed E-state index contributed by atoms with van der Waals surface area (Å²) in [5.41, 5.74) is 0.907. The lowest BCUT2D eigenvalue weighted by Gasteiger charge is -2.20. The summed E-state index contributed by atoms with van der Waals surface area (Å²) < 4.78 is 5.19. The summed E-state index contributed by atoms with van der Waals surface area (Å²) in [5, 5.41) is 13.6. The van der Waals surface area contributed by atoms with E-state index in [1.165, 1.54) is 12.8 Å². The van der Waals surface area contributed by atoms with Gasteiger partial charge in [-0.1, -0.05) is 24.3 Å². The fourth-order valence-electron chi connectivity index (χ4n) is 3.50. The van der Waals surface area contributed by atoms with E-state index in [2.05, 4.69) is 17.5 Å². The molecular formula is C17H23NO2. The molecule has 2 aliphatic carbocycles. The fraction of sp³-hybridized carbons (Fsp3) is 0.529. The van der Waals surface area contributed by atoms with E-state index < -0.39 is 6.10 Å². The summed E-state index contributed by atoms with van der Waals surface area (Å²) in [6, 6.07) is 7.64. The molecule has 0 aliphatic heterocycles. The van der Waals surface area contributed by atoms with Crippen LogP contribution >= 0.6 is 0 Å². The van der Waals surface area contributed by atoms with Crippen LogP contribution in [0.4, 0.5) is 0 Å². The van der Waals surface area contributed by atoms with E-state index in [0.29, 0.717) is 6.54 Å². The molecule has 1 saturated carbocycles. The van der Waals surface area contributed by atoms with Gasteiger partial charge in [0.25, 0.3) is 0 Å². The molecule has 108 valence electrons. The largest absolute Gasteiger partial charge is 0.497 e. The van der Waals surface area contributed by atoms with Gasteiger partial charge in [0.2, 0.25) is 0 Å². The second-order valence-electron chi connectivity index (χ2n) is 5.99. The van der Waals surface area contributed by atoms with Gasteiger partial charge in [-0.3, -0.25) is 0 Å². The number of allylic oxidation sites excluding steroid dienone is 2. The molecule has 3 nitrogen and oxygen atoms in total. The van der Waals surface area contributed by atoms with E-state index in [4.69, 9.17) is 4.74 Å². The molecule has 20 heavy (non-hydrogen) atoms. The molecule has 0 aromatic heterocycles. The average molecular weight is 273 g/mol. The number of rotatable bonds is 6. The van der Waals surface area contributed by atoms with Gasteiger partial charge in [-0.25, -0.2) is 0 Å². The van der Waals surface area contributed by atoms with Crippen LogP contribution in [0.25, 0.3) is 0 Å². The normalized spacial score (nSPS) is 28.8. The van der Waals surface area contributed by atoms with E-state index in [1.807, 2.05) is 24.3 Å². The van der Waals surface area contributed by atoms with Crippen LogP contribution in [0.1, 0.15) is 24.5 Å². The van der Waals surface area contributed by atoms with Crippen LogP contribution in [-0.4, -0.2) is 25.3 Å². The van der Waals surface area contributed by atoms with Crippen molar-refractivity contribution in [2.24, 2.45) is 17.8 Å². The Morgan fingerprint density at radius 3 is 2.95 bits per heavy atom. The number of hydrogen-bond acceptors (Lipinski definition) is 3. The van der Waals surface area contributed by atoms with Gasteiger partial charge in [0.1, 0.15) is 5.75 Å². The molecule has 1 aromatic rings. The van der Waals surface area contributed by atoms with Crippen LogP contribution in [0.3, 0.4) is 0 Å². The molecule has 2 bridgehead atoms. The Hall–Kier alpha value is -1.32. The van der Waals surface area contributed by atoms with Crippen molar-refractivity contribution in [1.82, 2.24) is 5.32 Å². The van der Waals surface area contributed by atoms with Gasteiger partial charge in [-0.15, -0.1) is 0 Å². The van der Waals surface area contributed by atoms with E-state index in [-0.39, 0.29) is 0 Å². The van der Waals surface area contributed by atoms with Gasteiger partial charge in [-0.2, -0.15) is 0 Å². The molecule has 4 unspecified atom stereocenters. The highest BCUT2D eigenvalue weighted by Gasteiger charge is 2.35. The number of fused-ring (bicyclic) bond motifs is 2. The Labute approximate surface area is 120 Å². The van der Waals surface area contributed by atoms with Crippen molar-refractivity contribution in [3.8, 4) is 5.75 Å². The van der Waals surface area contributed by atoms with Gasteiger partial charge in [0, 0.05) is 6.54 Å². The molecule has 1 fully saturated rings. The quantitative estimate of drug-likeness (QED) is 0.783. The predicted octanol–water partition coefficient (Wildman–Crippen LogP) is 2.53. The predicted molar refractivity (Wildman–Crippen MR) is 79.7 cm³/mol. The summed E-state index contributed by atoms with van der Waals surface area (Å²) >= 11 is 0. The zero-order valence-electron chi connectivity index (χ0n) is 12.0. The number of aliphatic hydroxyl groups excluding tert-OH is 1. The van der Waals surface area contributed by atoms with Crippen molar-refractivity contribution in [2.45, 2.75) is 18.9 Å². The Morgan fingerprint density at radius 1 is 1.35 bits per heavy atom. The average Bonchev–Trinajstić information content (AvgIpc) is 3.10. The Kier molecular flexibility index (Phi) is 4.08. The molecule has 2 N–H and O–H groups in total. The Balaban J connectivity index is 1.47. The molecule has 0 spiro atoms. The first-order valence-corrected chi connectivity index (χ1v) is 7.47. The molecule has 3 heteroatoms. The van der Waals surface area contributed by atoms with Crippen LogP contribution in [0, 0.1) is 17.8 Å². The third-order valence-corrected chi connectivity index (χ3v) is 4.64.